The van der Waals surface area contributed by atoms with Crippen molar-refractivity contribution in [2.45, 2.75) is 39.7 Å². The lowest BCUT2D eigenvalue weighted by atomic mass is 10.1. The van der Waals surface area contributed by atoms with Crippen LogP contribution in [-0.2, 0) is 19.4 Å². The zero-order valence-electron chi connectivity index (χ0n) is 14.8. The predicted octanol–water partition coefficient (Wildman–Crippen LogP) is 2.63. The third kappa shape index (κ3) is 6.44. The number of aryl methyl sites for hydroxylation is 2. The Hall–Kier alpha value is -2.30. The predicted molar refractivity (Wildman–Crippen MR) is 100 cm³/mol. The van der Waals surface area contributed by atoms with Crippen molar-refractivity contribution in [3.8, 4) is 0 Å². The second-order valence-electron chi connectivity index (χ2n) is 5.73. The summed E-state index contributed by atoms with van der Waals surface area (Å²) in [5.74, 6) is 0.892. The Morgan fingerprint density at radius 2 is 1.92 bits per heavy atom. The SMILES string of the molecule is CCNC(=NCCCn1cccn1)NCCc1ccc(CC)cc1. The molecule has 0 radical (unpaired) electrons. The van der Waals surface area contributed by atoms with Gasteiger partial charge in [-0.1, -0.05) is 31.2 Å². The van der Waals surface area contributed by atoms with Crippen molar-refractivity contribution < 1.29 is 0 Å². The lowest BCUT2D eigenvalue weighted by molar-refractivity contribution is 0.584. The molecular weight excluding hydrogens is 298 g/mol. The molecule has 0 fully saturated rings. The molecule has 2 aromatic rings. The van der Waals surface area contributed by atoms with Gasteiger partial charge in [0.1, 0.15) is 0 Å². The topological polar surface area (TPSA) is 54.2 Å². The van der Waals surface area contributed by atoms with Crippen LogP contribution in [0.3, 0.4) is 0 Å². The van der Waals surface area contributed by atoms with Crippen LogP contribution in [-0.4, -0.2) is 35.4 Å². The second-order valence-corrected chi connectivity index (χ2v) is 5.73. The molecule has 0 amide bonds. The van der Waals surface area contributed by atoms with Crippen molar-refractivity contribution in [3.05, 3.63) is 53.9 Å². The van der Waals surface area contributed by atoms with Crippen LogP contribution in [0.15, 0.2) is 47.7 Å². The van der Waals surface area contributed by atoms with Crippen LogP contribution in [0.2, 0.25) is 0 Å². The molecule has 5 nitrogen and oxygen atoms in total. The molecule has 0 aliphatic heterocycles. The highest BCUT2D eigenvalue weighted by atomic mass is 15.3. The molecule has 0 saturated carbocycles. The summed E-state index contributed by atoms with van der Waals surface area (Å²) in [6.45, 7) is 7.72. The van der Waals surface area contributed by atoms with Crippen LogP contribution in [0.4, 0.5) is 0 Å². The fraction of sp³-hybridized carbons (Fsp3) is 0.474. The molecule has 0 saturated heterocycles. The van der Waals surface area contributed by atoms with Crippen molar-refractivity contribution in [1.82, 2.24) is 20.4 Å². The highest BCUT2D eigenvalue weighted by Gasteiger charge is 1.98. The van der Waals surface area contributed by atoms with Crippen LogP contribution >= 0.6 is 0 Å². The van der Waals surface area contributed by atoms with E-state index >= 15 is 0 Å². The summed E-state index contributed by atoms with van der Waals surface area (Å²) in [6.07, 6.45) is 6.87. The Morgan fingerprint density at radius 1 is 1.12 bits per heavy atom. The maximum absolute atomic E-state index is 4.62. The van der Waals surface area contributed by atoms with Crippen molar-refractivity contribution >= 4 is 5.96 Å². The molecule has 2 rings (SSSR count). The number of aliphatic imine (C=N–C) groups is 1. The minimum Gasteiger partial charge on any atom is -0.357 e. The van der Waals surface area contributed by atoms with E-state index in [1.54, 1.807) is 0 Å². The van der Waals surface area contributed by atoms with E-state index in [9.17, 15) is 0 Å². The Morgan fingerprint density at radius 3 is 2.58 bits per heavy atom. The lowest BCUT2D eigenvalue weighted by Gasteiger charge is -2.11. The zero-order valence-corrected chi connectivity index (χ0v) is 14.8. The van der Waals surface area contributed by atoms with Gasteiger partial charge >= 0.3 is 0 Å². The van der Waals surface area contributed by atoms with Crippen LogP contribution in [0.1, 0.15) is 31.4 Å². The van der Waals surface area contributed by atoms with E-state index in [1.807, 2.05) is 23.1 Å². The minimum absolute atomic E-state index is 0.792. The number of nitrogens with one attached hydrogen (secondary N) is 2. The molecular formula is C19H29N5. The molecule has 1 aromatic carbocycles. The number of hydrogen-bond donors (Lipinski definition) is 2. The molecule has 0 aliphatic carbocycles. The average molecular weight is 327 g/mol. The van der Waals surface area contributed by atoms with E-state index in [-0.39, 0.29) is 0 Å². The summed E-state index contributed by atoms with van der Waals surface area (Å²) < 4.78 is 1.94. The summed E-state index contributed by atoms with van der Waals surface area (Å²) in [5.41, 5.74) is 2.74. The smallest absolute Gasteiger partial charge is 0.191 e. The Labute approximate surface area is 145 Å². The maximum atomic E-state index is 4.62. The van der Waals surface area contributed by atoms with Gasteiger partial charge in [0.2, 0.25) is 0 Å². The molecule has 2 N–H and O–H groups in total. The van der Waals surface area contributed by atoms with E-state index < -0.39 is 0 Å². The molecule has 0 spiro atoms. The fourth-order valence-electron chi connectivity index (χ4n) is 2.46. The standard InChI is InChI=1S/C19H29N5/c1-3-17-7-9-18(10-8-17)11-14-22-19(20-4-2)21-12-5-15-24-16-6-13-23-24/h6-10,13,16H,3-5,11-12,14-15H2,1-2H3,(H2,20,21,22). The van der Waals surface area contributed by atoms with E-state index in [4.69, 9.17) is 0 Å². The van der Waals surface area contributed by atoms with Gasteiger partial charge in [-0.05, 0) is 43.4 Å². The average Bonchev–Trinajstić information content (AvgIpc) is 3.12. The largest absolute Gasteiger partial charge is 0.357 e. The summed E-state index contributed by atoms with van der Waals surface area (Å²) in [4.78, 5) is 4.62. The number of aromatic nitrogens is 2. The minimum atomic E-state index is 0.792. The molecule has 1 aromatic heterocycles. The highest BCUT2D eigenvalue weighted by Crippen LogP contribution is 2.05. The van der Waals surface area contributed by atoms with E-state index in [0.29, 0.717) is 0 Å². The van der Waals surface area contributed by atoms with Gasteiger partial charge in [0, 0.05) is 38.6 Å². The van der Waals surface area contributed by atoms with Gasteiger partial charge in [-0.15, -0.1) is 0 Å². The summed E-state index contributed by atoms with van der Waals surface area (Å²) in [6, 6.07) is 10.8. The first-order chi connectivity index (χ1) is 11.8. The second kappa shape index (κ2) is 10.5. The number of benzene rings is 1. The van der Waals surface area contributed by atoms with E-state index in [2.05, 4.69) is 58.8 Å². The summed E-state index contributed by atoms with van der Waals surface area (Å²) in [5, 5.41) is 10.9. The molecule has 5 heteroatoms. The van der Waals surface area contributed by atoms with Crippen LogP contribution < -0.4 is 10.6 Å². The van der Waals surface area contributed by atoms with Gasteiger partial charge in [0.15, 0.2) is 5.96 Å². The van der Waals surface area contributed by atoms with Gasteiger partial charge in [0.05, 0.1) is 0 Å². The maximum Gasteiger partial charge on any atom is 0.191 e. The van der Waals surface area contributed by atoms with Gasteiger partial charge in [-0.25, -0.2) is 0 Å². The third-order valence-corrected chi connectivity index (χ3v) is 3.86. The van der Waals surface area contributed by atoms with E-state index in [0.717, 1.165) is 51.4 Å². The summed E-state index contributed by atoms with van der Waals surface area (Å²) in [7, 11) is 0. The quantitative estimate of drug-likeness (QED) is 0.423. The number of rotatable bonds is 9. The zero-order chi connectivity index (χ0) is 17.0. The van der Waals surface area contributed by atoms with Crippen molar-refractivity contribution in [3.63, 3.8) is 0 Å². The Balaban J connectivity index is 1.71. The summed E-state index contributed by atoms with van der Waals surface area (Å²) >= 11 is 0. The van der Waals surface area contributed by atoms with E-state index in [1.165, 1.54) is 11.1 Å². The molecule has 0 aliphatic rings. The molecule has 0 atom stereocenters. The first-order valence-electron chi connectivity index (χ1n) is 8.89. The molecule has 130 valence electrons. The lowest BCUT2D eigenvalue weighted by Crippen LogP contribution is -2.38. The monoisotopic (exact) mass is 327 g/mol. The Kier molecular flexibility index (Phi) is 7.87. The van der Waals surface area contributed by atoms with Crippen molar-refractivity contribution in [1.29, 1.82) is 0 Å². The van der Waals surface area contributed by atoms with Crippen LogP contribution in [0, 0.1) is 0 Å². The third-order valence-electron chi connectivity index (χ3n) is 3.86. The first-order valence-corrected chi connectivity index (χ1v) is 8.89. The Bertz CT molecular complexity index is 587. The van der Waals surface area contributed by atoms with Gasteiger partial charge in [-0.3, -0.25) is 9.67 Å². The van der Waals surface area contributed by atoms with Gasteiger partial charge in [0.25, 0.3) is 0 Å². The number of guanidine groups is 1. The number of nitrogens with zero attached hydrogens (tertiary/aromatic N) is 3. The first kappa shape index (κ1) is 18.0. The van der Waals surface area contributed by atoms with Gasteiger partial charge < -0.3 is 10.6 Å². The van der Waals surface area contributed by atoms with Crippen molar-refractivity contribution in [2.24, 2.45) is 4.99 Å². The molecule has 0 unspecified atom stereocenters. The molecule has 1 heterocycles. The fourth-order valence-corrected chi connectivity index (χ4v) is 2.46. The van der Waals surface area contributed by atoms with Crippen LogP contribution in [0.25, 0.3) is 0 Å². The van der Waals surface area contributed by atoms with Gasteiger partial charge in [-0.2, -0.15) is 5.10 Å². The molecule has 24 heavy (non-hydrogen) atoms. The van der Waals surface area contributed by atoms with Crippen LogP contribution in [0.5, 0.6) is 0 Å². The van der Waals surface area contributed by atoms with Crippen molar-refractivity contribution in [2.75, 3.05) is 19.6 Å². The number of hydrogen-bond acceptors (Lipinski definition) is 2. The molecule has 0 bridgehead atoms. The normalized spacial score (nSPS) is 11.5. The highest BCUT2D eigenvalue weighted by molar-refractivity contribution is 5.79.